The van der Waals surface area contributed by atoms with Crippen molar-refractivity contribution in [3.05, 3.63) is 34.3 Å². The summed E-state index contributed by atoms with van der Waals surface area (Å²) < 4.78 is 1.21. The number of likely N-dealkylation sites (tertiary alicyclic amines) is 1. The first-order valence-electron chi connectivity index (χ1n) is 8.51. The molecular weight excluding hydrogens is 324 g/mol. The number of benzene rings is 1. The van der Waals surface area contributed by atoms with Crippen LogP contribution in [0.1, 0.15) is 43.6 Å². The van der Waals surface area contributed by atoms with Gasteiger partial charge < -0.3 is 10.2 Å². The minimum atomic E-state index is 0.754. The van der Waals surface area contributed by atoms with E-state index in [-0.39, 0.29) is 0 Å². The normalized spacial score (nSPS) is 33.1. The Hall–Kier alpha value is -0.380. The number of nitrogens with zero attached hydrogens (tertiary/aromatic N) is 1. The monoisotopic (exact) mass is 348 g/mol. The zero-order chi connectivity index (χ0) is 14.2. The van der Waals surface area contributed by atoms with Crippen molar-refractivity contribution in [2.24, 2.45) is 5.92 Å². The van der Waals surface area contributed by atoms with Gasteiger partial charge in [-0.2, -0.15) is 0 Å². The van der Waals surface area contributed by atoms with E-state index in [1.807, 2.05) is 0 Å². The van der Waals surface area contributed by atoms with Crippen molar-refractivity contribution in [1.82, 2.24) is 10.2 Å². The first kappa shape index (κ1) is 14.2. The average molecular weight is 349 g/mol. The lowest BCUT2D eigenvalue weighted by molar-refractivity contribution is 0.267. The molecule has 4 rings (SSSR count). The Bertz CT molecular complexity index is 494. The van der Waals surface area contributed by atoms with Crippen LogP contribution >= 0.6 is 15.9 Å². The fourth-order valence-corrected chi connectivity index (χ4v) is 4.37. The Morgan fingerprint density at radius 1 is 1.19 bits per heavy atom. The van der Waals surface area contributed by atoms with Gasteiger partial charge in [0.15, 0.2) is 0 Å². The van der Waals surface area contributed by atoms with Crippen molar-refractivity contribution in [2.75, 3.05) is 19.6 Å². The maximum atomic E-state index is 3.82. The zero-order valence-corrected chi connectivity index (χ0v) is 14.2. The fourth-order valence-electron chi connectivity index (χ4n) is 3.95. The van der Waals surface area contributed by atoms with Gasteiger partial charge in [-0.25, -0.2) is 0 Å². The predicted molar refractivity (Wildman–Crippen MR) is 90.6 cm³/mol. The van der Waals surface area contributed by atoms with Gasteiger partial charge in [0.05, 0.1) is 0 Å². The SMILES string of the molecule is Brc1cccc(C2CC(NCC3CCN(C4CC4)C3)C2)c1. The molecule has 0 bridgehead atoms. The van der Waals surface area contributed by atoms with Gasteiger partial charge in [-0.05, 0) is 74.7 Å². The molecule has 1 saturated heterocycles. The molecule has 114 valence electrons. The molecule has 2 saturated carbocycles. The van der Waals surface area contributed by atoms with Crippen molar-refractivity contribution in [3.8, 4) is 0 Å². The van der Waals surface area contributed by atoms with Gasteiger partial charge in [-0.1, -0.05) is 28.1 Å². The largest absolute Gasteiger partial charge is 0.314 e. The second kappa shape index (κ2) is 6.02. The molecule has 1 atom stereocenters. The Morgan fingerprint density at radius 3 is 2.81 bits per heavy atom. The molecule has 0 radical (unpaired) electrons. The van der Waals surface area contributed by atoms with E-state index < -0.39 is 0 Å². The van der Waals surface area contributed by atoms with Gasteiger partial charge >= 0.3 is 0 Å². The van der Waals surface area contributed by atoms with E-state index in [0.717, 1.165) is 23.9 Å². The molecule has 1 N–H and O–H groups in total. The number of nitrogens with one attached hydrogen (secondary N) is 1. The summed E-state index contributed by atoms with van der Waals surface area (Å²) in [6.07, 6.45) is 6.95. The highest BCUT2D eigenvalue weighted by molar-refractivity contribution is 9.10. The molecule has 1 aromatic rings. The highest BCUT2D eigenvalue weighted by Gasteiger charge is 2.35. The maximum Gasteiger partial charge on any atom is 0.0178 e. The quantitative estimate of drug-likeness (QED) is 0.871. The van der Waals surface area contributed by atoms with E-state index in [4.69, 9.17) is 0 Å². The summed E-state index contributed by atoms with van der Waals surface area (Å²) >= 11 is 3.58. The molecule has 21 heavy (non-hydrogen) atoms. The first-order valence-corrected chi connectivity index (χ1v) is 9.30. The Balaban J connectivity index is 1.19. The molecule has 3 fully saturated rings. The third-order valence-electron chi connectivity index (χ3n) is 5.53. The Morgan fingerprint density at radius 2 is 2.05 bits per heavy atom. The third kappa shape index (κ3) is 3.35. The molecule has 3 heteroatoms. The van der Waals surface area contributed by atoms with Gasteiger partial charge in [0.1, 0.15) is 0 Å². The Labute approximate surface area is 136 Å². The summed E-state index contributed by atoms with van der Waals surface area (Å²) in [6.45, 7) is 3.93. The van der Waals surface area contributed by atoms with E-state index in [0.29, 0.717) is 0 Å². The lowest BCUT2D eigenvalue weighted by Gasteiger charge is -2.37. The topological polar surface area (TPSA) is 15.3 Å². The summed E-state index contributed by atoms with van der Waals surface area (Å²) in [4.78, 5) is 2.72. The summed E-state index contributed by atoms with van der Waals surface area (Å²) in [5, 5.41) is 3.82. The van der Waals surface area contributed by atoms with Crippen LogP contribution in [-0.4, -0.2) is 36.6 Å². The van der Waals surface area contributed by atoms with Crippen molar-refractivity contribution in [1.29, 1.82) is 0 Å². The smallest absolute Gasteiger partial charge is 0.0178 e. The molecule has 1 heterocycles. The van der Waals surface area contributed by atoms with Gasteiger partial charge in [0.25, 0.3) is 0 Å². The minimum Gasteiger partial charge on any atom is -0.314 e. The summed E-state index contributed by atoms with van der Waals surface area (Å²) in [5.74, 6) is 1.67. The van der Waals surface area contributed by atoms with Crippen LogP contribution in [0.15, 0.2) is 28.7 Å². The fraction of sp³-hybridized carbons (Fsp3) is 0.667. The summed E-state index contributed by atoms with van der Waals surface area (Å²) in [6, 6.07) is 10.5. The Kier molecular flexibility index (Phi) is 4.08. The second-order valence-electron chi connectivity index (χ2n) is 7.21. The van der Waals surface area contributed by atoms with Crippen molar-refractivity contribution in [3.63, 3.8) is 0 Å². The van der Waals surface area contributed by atoms with Crippen molar-refractivity contribution < 1.29 is 0 Å². The molecule has 0 spiro atoms. The van der Waals surface area contributed by atoms with Crippen LogP contribution in [0.2, 0.25) is 0 Å². The summed E-state index contributed by atoms with van der Waals surface area (Å²) in [7, 11) is 0. The highest BCUT2D eigenvalue weighted by atomic mass is 79.9. The van der Waals surface area contributed by atoms with Crippen LogP contribution in [0.25, 0.3) is 0 Å². The molecular formula is C18H25BrN2. The molecule has 1 aliphatic heterocycles. The minimum absolute atomic E-state index is 0.754. The van der Waals surface area contributed by atoms with E-state index in [1.165, 1.54) is 61.8 Å². The first-order chi connectivity index (χ1) is 10.3. The van der Waals surface area contributed by atoms with Gasteiger partial charge in [-0.15, -0.1) is 0 Å². The van der Waals surface area contributed by atoms with Crippen molar-refractivity contribution in [2.45, 2.75) is 50.1 Å². The average Bonchev–Trinajstić information content (AvgIpc) is 3.17. The number of halogens is 1. The number of hydrogen-bond donors (Lipinski definition) is 1. The molecule has 1 unspecified atom stereocenters. The molecule has 0 amide bonds. The molecule has 1 aromatic carbocycles. The van der Waals surface area contributed by atoms with Crippen LogP contribution < -0.4 is 5.32 Å². The third-order valence-corrected chi connectivity index (χ3v) is 6.03. The maximum absolute atomic E-state index is 3.82. The summed E-state index contributed by atoms with van der Waals surface area (Å²) in [5.41, 5.74) is 1.50. The predicted octanol–water partition coefficient (Wildman–Crippen LogP) is 3.77. The lowest BCUT2D eigenvalue weighted by Crippen LogP contribution is -2.42. The standard InChI is InChI=1S/C18H25BrN2/c19-16-3-1-2-14(8-16)15-9-17(10-15)20-11-13-6-7-21(12-13)18-4-5-18/h1-3,8,13,15,17-18,20H,4-7,9-12H2. The van der Waals surface area contributed by atoms with Crippen LogP contribution in [-0.2, 0) is 0 Å². The number of rotatable bonds is 5. The van der Waals surface area contributed by atoms with Gasteiger partial charge in [0, 0.05) is 23.1 Å². The van der Waals surface area contributed by atoms with E-state index in [9.17, 15) is 0 Å². The molecule has 0 aromatic heterocycles. The molecule has 2 nitrogen and oxygen atoms in total. The highest BCUT2D eigenvalue weighted by Crippen LogP contribution is 2.38. The zero-order valence-electron chi connectivity index (χ0n) is 12.6. The van der Waals surface area contributed by atoms with E-state index >= 15 is 0 Å². The van der Waals surface area contributed by atoms with E-state index in [1.54, 1.807) is 0 Å². The van der Waals surface area contributed by atoms with Crippen LogP contribution in [0, 0.1) is 5.92 Å². The van der Waals surface area contributed by atoms with Crippen LogP contribution in [0.5, 0.6) is 0 Å². The number of hydrogen-bond acceptors (Lipinski definition) is 2. The van der Waals surface area contributed by atoms with Crippen LogP contribution in [0.3, 0.4) is 0 Å². The van der Waals surface area contributed by atoms with Gasteiger partial charge in [0.2, 0.25) is 0 Å². The van der Waals surface area contributed by atoms with Gasteiger partial charge in [-0.3, -0.25) is 0 Å². The molecule has 2 aliphatic carbocycles. The second-order valence-corrected chi connectivity index (χ2v) is 8.12. The van der Waals surface area contributed by atoms with Crippen LogP contribution in [0.4, 0.5) is 0 Å². The lowest BCUT2D eigenvalue weighted by atomic mass is 9.76. The molecule has 3 aliphatic rings. The van der Waals surface area contributed by atoms with Crippen molar-refractivity contribution >= 4 is 15.9 Å². The van der Waals surface area contributed by atoms with E-state index in [2.05, 4.69) is 50.4 Å².